The molecule has 0 saturated heterocycles. The summed E-state index contributed by atoms with van der Waals surface area (Å²) in [6.07, 6.45) is 0. The smallest absolute Gasteiger partial charge is 0.155 e. The summed E-state index contributed by atoms with van der Waals surface area (Å²) in [6.45, 7) is 0. The van der Waals surface area contributed by atoms with E-state index in [0.29, 0.717) is 5.17 Å². The molecule has 1 unspecified atom stereocenters. The van der Waals surface area contributed by atoms with Crippen molar-refractivity contribution in [3.8, 4) is 17.2 Å². The molecule has 0 aliphatic carbocycles. The standard InChI is InChI=1S/C16H14N2O2S/c1-19-12-7-4-8-13-14(12)16(9-21-15(17)18-16)10-5-2-3-6-11(10)20-13/h2-8H,9H2,1H3,(H2,17,18). The van der Waals surface area contributed by atoms with Gasteiger partial charge in [0.1, 0.15) is 22.8 Å². The first kappa shape index (κ1) is 12.6. The summed E-state index contributed by atoms with van der Waals surface area (Å²) in [6, 6.07) is 13.8. The van der Waals surface area contributed by atoms with Gasteiger partial charge < -0.3 is 15.2 Å². The van der Waals surface area contributed by atoms with Crippen LogP contribution in [0.15, 0.2) is 47.5 Å². The molecule has 1 spiro atoms. The number of hydrogen-bond donors (Lipinski definition) is 1. The Morgan fingerprint density at radius 1 is 1.19 bits per heavy atom. The molecule has 2 aromatic rings. The molecular formula is C16H14N2O2S. The van der Waals surface area contributed by atoms with Crippen LogP contribution in [0, 0.1) is 0 Å². The van der Waals surface area contributed by atoms with Gasteiger partial charge in [0.25, 0.3) is 0 Å². The number of amidine groups is 1. The zero-order valence-corrected chi connectivity index (χ0v) is 12.3. The average molecular weight is 298 g/mol. The molecule has 4 rings (SSSR count). The van der Waals surface area contributed by atoms with Crippen LogP contribution in [0.1, 0.15) is 11.1 Å². The number of nitrogens with two attached hydrogens (primary N) is 1. The van der Waals surface area contributed by atoms with Crippen molar-refractivity contribution < 1.29 is 9.47 Å². The van der Waals surface area contributed by atoms with Gasteiger partial charge >= 0.3 is 0 Å². The molecule has 0 aromatic heterocycles. The highest BCUT2D eigenvalue weighted by molar-refractivity contribution is 8.14. The van der Waals surface area contributed by atoms with E-state index >= 15 is 0 Å². The first-order valence-corrected chi connectivity index (χ1v) is 7.66. The van der Waals surface area contributed by atoms with E-state index in [-0.39, 0.29) is 0 Å². The van der Waals surface area contributed by atoms with Crippen LogP contribution < -0.4 is 15.2 Å². The molecular weight excluding hydrogens is 284 g/mol. The summed E-state index contributed by atoms with van der Waals surface area (Å²) < 4.78 is 11.6. The first-order valence-electron chi connectivity index (χ1n) is 6.67. The summed E-state index contributed by atoms with van der Waals surface area (Å²) >= 11 is 1.57. The lowest BCUT2D eigenvalue weighted by Crippen LogP contribution is -2.30. The van der Waals surface area contributed by atoms with Crippen molar-refractivity contribution in [1.29, 1.82) is 0 Å². The van der Waals surface area contributed by atoms with E-state index in [1.54, 1.807) is 18.9 Å². The minimum absolute atomic E-state index is 0.522. The quantitative estimate of drug-likeness (QED) is 0.879. The molecule has 21 heavy (non-hydrogen) atoms. The largest absolute Gasteiger partial charge is 0.496 e. The van der Waals surface area contributed by atoms with Gasteiger partial charge in [-0.3, -0.25) is 0 Å². The summed E-state index contributed by atoms with van der Waals surface area (Å²) in [7, 11) is 1.67. The van der Waals surface area contributed by atoms with E-state index in [2.05, 4.69) is 0 Å². The second kappa shape index (κ2) is 4.43. The zero-order chi connectivity index (χ0) is 14.4. The lowest BCUT2D eigenvalue weighted by molar-refractivity contribution is 0.370. The third-order valence-electron chi connectivity index (χ3n) is 3.90. The van der Waals surface area contributed by atoms with Gasteiger partial charge in [-0.1, -0.05) is 36.0 Å². The number of ether oxygens (including phenoxy) is 2. The topological polar surface area (TPSA) is 56.8 Å². The predicted molar refractivity (Wildman–Crippen MR) is 84.4 cm³/mol. The summed E-state index contributed by atoms with van der Waals surface area (Å²) in [5.74, 6) is 3.15. The molecule has 2 heterocycles. The van der Waals surface area contributed by atoms with Gasteiger partial charge in [-0.15, -0.1) is 0 Å². The first-order chi connectivity index (χ1) is 10.2. The van der Waals surface area contributed by atoms with Gasteiger partial charge in [0.05, 0.1) is 12.7 Å². The fraction of sp³-hybridized carbons (Fsp3) is 0.188. The Bertz CT molecular complexity index is 760. The maximum atomic E-state index is 6.04. The van der Waals surface area contributed by atoms with Crippen molar-refractivity contribution in [2.45, 2.75) is 5.54 Å². The number of nitrogens with zero attached hydrogens (tertiary/aromatic N) is 1. The molecule has 2 aromatic carbocycles. The SMILES string of the molecule is COc1cccc2c1C1(CSC(N)=N1)c1ccccc1O2. The highest BCUT2D eigenvalue weighted by Gasteiger charge is 2.47. The van der Waals surface area contributed by atoms with E-state index < -0.39 is 5.54 Å². The van der Waals surface area contributed by atoms with Crippen LogP contribution in [0.5, 0.6) is 17.2 Å². The zero-order valence-electron chi connectivity index (χ0n) is 11.5. The second-order valence-corrected chi connectivity index (χ2v) is 6.03. The number of thioether (sulfide) groups is 1. The lowest BCUT2D eigenvalue weighted by Gasteiger charge is -2.35. The Kier molecular flexibility index (Phi) is 2.65. The summed E-state index contributed by atoms with van der Waals surface area (Å²) in [5, 5.41) is 0.601. The van der Waals surface area contributed by atoms with Crippen molar-refractivity contribution in [2.24, 2.45) is 10.7 Å². The van der Waals surface area contributed by atoms with Gasteiger partial charge in [0.2, 0.25) is 0 Å². The van der Waals surface area contributed by atoms with Gasteiger partial charge in [0.15, 0.2) is 5.17 Å². The predicted octanol–water partition coefficient (Wildman–Crippen LogP) is 3.11. The van der Waals surface area contributed by atoms with Gasteiger partial charge in [-0.2, -0.15) is 0 Å². The van der Waals surface area contributed by atoms with Crippen molar-refractivity contribution in [3.63, 3.8) is 0 Å². The lowest BCUT2D eigenvalue weighted by atomic mass is 9.81. The van der Waals surface area contributed by atoms with Gasteiger partial charge in [0, 0.05) is 11.3 Å². The number of rotatable bonds is 1. The molecule has 1 atom stereocenters. The normalized spacial score (nSPS) is 22.2. The number of fused-ring (bicyclic) bond motifs is 4. The molecule has 0 amide bonds. The number of hydrogen-bond acceptors (Lipinski definition) is 5. The van der Waals surface area contributed by atoms with E-state index in [9.17, 15) is 0 Å². The summed E-state index contributed by atoms with van der Waals surface area (Å²) in [4.78, 5) is 4.77. The number of methoxy groups -OCH3 is 1. The molecule has 2 aliphatic rings. The van der Waals surface area contributed by atoms with Crippen LogP contribution in [0.25, 0.3) is 0 Å². The van der Waals surface area contributed by atoms with Crippen LogP contribution in [0.4, 0.5) is 0 Å². The number of aliphatic imine (C=N–C) groups is 1. The van der Waals surface area contributed by atoms with Crippen molar-refractivity contribution in [3.05, 3.63) is 53.6 Å². The van der Waals surface area contributed by atoms with Crippen LogP contribution in [-0.2, 0) is 5.54 Å². The molecule has 5 heteroatoms. The molecule has 0 fully saturated rings. The highest BCUT2D eigenvalue weighted by Crippen LogP contribution is 2.55. The van der Waals surface area contributed by atoms with E-state index in [4.69, 9.17) is 20.2 Å². The van der Waals surface area contributed by atoms with E-state index in [0.717, 1.165) is 34.1 Å². The monoisotopic (exact) mass is 298 g/mol. The molecule has 4 nitrogen and oxygen atoms in total. The highest BCUT2D eigenvalue weighted by atomic mass is 32.2. The minimum Gasteiger partial charge on any atom is -0.496 e. The van der Waals surface area contributed by atoms with Gasteiger partial charge in [-0.05, 0) is 18.2 Å². The Labute approximate surface area is 127 Å². The maximum absolute atomic E-state index is 6.04. The fourth-order valence-electron chi connectivity index (χ4n) is 3.02. The fourth-order valence-corrected chi connectivity index (χ4v) is 3.96. The molecule has 0 radical (unpaired) electrons. The van der Waals surface area contributed by atoms with Crippen LogP contribution in [-0.4, -0.2) is 18.0 Å². The van der Waals surface area contributed by atoms with Gasteiger partial charge in [-0.25, -0.2) is 4.99 Å². The molecule has 0 saturated carbocycles. The number of benzene rings is 2. The Balaban J connectivity index is 2.06. The second-order valence-electron chi connectivity index (χ2n) is 5.03. The van der Waals surface area contributed by atoms with Crippen molar-refractivity contribution in [2.75, 3.05) is 12.9 Å². The van der Waals surface area contributed by atoms with E-state index in [1.807, 2.05) is 42.5 Å². The Morgan fingerprint density at radius 2 is 2.00 bits per heavy atom. The van der Waals surface area contributed by atoms with E-state index in [1.165, 1.54) is 0 Å². The number of para-hydroxylation sites is 1. The molecule has 2 aliphatic heterocycles. The van der Waals surface area contributed by atoms with Crippen LogP contribution in [0.2, 0.25) is 0 Å². The third kappa shape index (κ3) is 1.67. The Morgan fingerprint density at radius 3 is 2.76 bits per heavy atom. The molecule has 106 valence electrons. The molecule has 2 N–H and O–H groups in total. The van der Waals surface area contributed by atoms with Crippen LogP contribution in [0.3, 0.4) is 0 Å². The Hall–Kier alpha value is -2.14. The third-order valence-corrected chi connectivity index (χ3v) is 4.85. The molecule has 0 bridgehead atoms. The maximum Gasteiger partial charge on any atom is 0.155 e. The van der Waals surface area contributed by atoms with Crippen LogP contribution >= 0.6 is 11.8 Å². The van der Waals surface area contributed by atoms with Crippen molar-refractivity contribution >= 4 is 16.9 Å². The summed E-state index contributed by atoms with van der Waals surface area (Å²) in [5.41, 5.74) is 7.45. The average Bonchev–Trinajstić information content (AvgIpc) is 2.89. The van der Waals surface area contributed by atoms with Crippen molar-refractivity contribution in [1.82, 2.24) is 0 Å². The minimum atomic E-state index is -0.522.